The fraction of sp³-hybridized carbons (Fsp3) is 0.297. The molecule has 0 saturated heterocycles. The van der Waals surface area contributed by atoms with Crippen LogP contribution >= 0.6 is 22.7 Å². The molecule has 5 rings (SSSR count). The van der Waals surface area contributed by atoms with Crippen LogP contribution in [0.25, 0.3) is 20.2 Å². The van der Waals surface area contributed by atoms with Gasteiger partial charge < -0.3 is 34.2 Å². The molecule has 0 radical (unpaired) electrons. The normalized spacial score (nSPS) is 11.3. The van der Waals surface area contributed by atoms with E-state index in [1.165, 1.54) is 32.5 Å². The molecule has 2 N–H and O–H groups in total. The van der Waals surface area contributed by atoms with Gasteiger partial charge in [0.1, 0.15) is 28.7 Å². The number of aliphatic carboxylic acids is 2. The molecule has 13 heteroatoms. The van der Waals surface area contributed by atoms with Crippen LogP contribution in [0, 0.1) is 0 Å². The summed E-state index contributed by atoms with van der Waals surface area (Å²) < 4.78 is 19.2. The Hall–Kier alpha value is -5.14. The fourth-order valence-corrected chi connectivity index (χ4v) is 7.14. The number of thiophene rings is 2. The topological polar surface area (TPSA) is 143 Å². The molecule has 2 amide bonds. The molecule has 5 aromatic rings. The third kappa shape index (κ3) is 9.51. The zero-order chi connectivity index (χ0) is 36.4. The molecule has 1 unspecified atom stereocenters. The van der Waals surface area contributed by atoms with Gasteiger partial charge in [-0.25, -0.2) is 4.79 Å². The van der Waals surface area contributed by atoms with Crippen LogP contribution in [0.2, 0.25) is 0 Å². The van der Waals surface area contributed by atoms with E-state index in [-0.39, 0.29) is 24.8 Å². The summed E-state index contributed by atoms with van der Waals surface area (Å²) in [5.41, 5.74) is 0.715. The molecule has 0 saturated carbocycles. The summed E-state index contributed by atoms with van der Waals surface area (Å²) in [4.78, 5) is 50.9. The summed E-state index contributed by atoms with van der Waals surface area (Å²) in [6.07, 6.45) is 0.124. The Balaban J connectivity index is 0.000000232. The van der Waals surface area contributed by atoms with Gasteiger partial charge in [0.2, 0.25) is 0 Å². The van der Waals surface area contributed by atoms with Gasteiger partial charge in [-0.15, -0.1) is 22.7 Å². The zero-order valence-corrected chi connectivity index (χ0v) is 30.1. The second-order valence-electron chi connectivity index (χ2n) is 11.6. The summed E-state index contributed by atoms with van der Waals surface area (Å²) in [5.74, 6) is -0.561. The standard InChI is InChI=1S/C21H21NO5S.C16H19NO4S/c1-22(2)21(25)20-19(16-5-3-4-6-17(16)28-20)27-12-11-26-15-9-7-14(8-10-15)13-18(23)24;1-4-7-11(16(19)20)21-13-10-8-5-6-9-12(10)22-14(13)15(18)17(2)3/h3-10H,11-13H2,1-2H3,(H,23,24);5-6,8-9,11H,4,7H2,1-3H3,(H,19,20). The molecule has 1 atom stereocenters. The maximum Gasteiger partial charge on any atom is 0.344 e. The highest BCUT2D eigenvalue weighted by atomic mass is 32.1. The molecule has 0 bridgehead atoms. The number of nitrogens with zero attached hydrogens (tertiary/aromatic N) is 2. The minimum absolute atomic E-state index is 0.0166. The van der Waals surface area contributed by atoms with Gasteiger partial charge in [0.15, 0.2) is 17.6 Å². The average molecular weight is 721 g/mol. The Morgan fingerprint density at radius 2 is 1.20 bits per heavy atom. The van der Waals surface area contributed by atoms with Gasteiger partial charge in [0.25, 0.3) is 11.8 Å². The van der Waals surface area contributed by atoms with Gasteiger partial charge in [0.05, 0.1) is 6.42 Å². The van der Waals surface area contributed by atoms with Crippen molar-refractivity contribution >= 4 is 66.6 Å². The number of amides is 2. The van der Waals surface area contributed by atoms with Crippen molar-refractivity contribution in [2.45, 2.75) is 32.3 Å². The number of rotatable bonds is 14. The molecule has 11 nitrogen and oxygen atoms in total. The summed E-state index contributed by atoms with van der Waals surface area (Å²) in [7, 11) is 6.76. The van der Waals surface area contributed by atoms with E-state index in [4.69, 9.17) is 19.3 Å². The SMILES string of the molecule is CCCC(Oc1c(C(=O)N(C)C)sc2ccccc12)C(=O)O.CN(C)C(=O)c1sc2ccccc2c1OCCOc1ccc(CC(=O)O)cc1. The molecule has 50 heavy (non-hydrogen) atoms. The Bertz CT molecular complexity index is 1950. The van der Waals surface area contributed by atoms with E-state index in [9.17, 15) is 24.3 Å². The summed E-state index contributed by atoms with van der Waals surface area (Å²) in [6, 6.07) is 22.2. The first-order valence-electron chi connectivity index (χ1n) is 15.8. The highest BCUT2D eigenvalue weighted by molar-refractivity contribution is 7.21. The molecule has 2 aromatic heterocycles. The van der Waals surface area contributed by atoms with Gasteiger partial charge in [-0.1, -0.05) is 49.7 Å². The van der Waals surface area contributed by atoms with Gasteiger partial charge >= 0.3 is 11.9 Å². The van der Waals surface area contributed by atoms with E-state index in [0.29, 0.717) is 52.0 Å². The number of ether oxygens (including phenoxy) is 3. The van der Waals surface area contributed by atoms with Crippen molar-refractivity contribution in [1.82, 2.24) is 9.80 Å². The Morgan fingerprint density at radius 1 is 0.700 bits per heavy atom. The number of hydrogen-bond acceptors (Lipinski definition) is 9. The number of carbonyl (C=O) groups is 4. The molecule has 0 aliphatic heterocycles. The lowest BCUT2D eigenvalue weighted by molar-refractivity contribution is -0.145. The zero-order valence-electron chi connectivity index (χ0n) is 28.5. The van der Waals surface area contributed by atoms with E-state index in [0.717, 1.165) is 20.2 Å². The van der Waals surface area contributed by atoms with E-state index < -0.39 is 18.0 Å². The summed E-state index contributed by atoms with van der Waals surface area (Å²) in [5, 5.41) is 19.8. The Labute approximate surface area is 298 Å². The van der Waals surface area contributed by atoms with Crippen LogP contribution < -0.4 is 14.2 Å². The molecule has 3 aromatic carbocycles. The molecule has 264 valence electrons. The highest BCUT2D eigenvalue weighted by Crippen LogP contribution is 2.40. The predicted octanol–water partition coefficient (Wildman–Crippen LogP) is 6.92. The molecule has 2 heterocycles. The molecular formula is C37H40N2O9S2. The predicted molar refractivity (Wildman–Crippen MR) is 195 cm³/mol. The van der Waals surface area contributed by atoms with Crippen molar-refractivity contribution in [3.63, 3.8) is 0 Å². The first-order chi connectivity index (χ1) is 23.9. The van der Waals surface area contributed by atoms with Crippen LogP contribution in [0.1, 0.15) is 44.7 Å². The van der Waals surface area contributed by atoms with E-state index in [1.807, 2.05) is 55.5 Å². The summed E-state index contributed by atoms with van der Waals surface area (Å²) >= 11 is 2.74. The first kappa shape index (κ1) is 37.7. The van der Waals surface area contributed by atoms with Crippen molar-refractivity contribution in [2.24, 2.45) is 0 Å². The number of carbonyl (C=O) groups excluding carboxylic acids is 2. The Morgan fingerprint density at radius 3 is 1.70 bits per heavy atom. The summed E-state index contributed by atoms with van der Waals surface area (Å²) in [6.45, 7) is 2.49. The smallest absolute Gasteiger partial charge is 0.344 e. The van der Waals surface area contributed by atoms with Crippen LogP contribution in [0.15, 0.2) is 72.8 Å². The van der Waals surface area contributed by atoms with Crippen molar-refractivity contribution in [2.75, 3.05) is 41.4 Å². The first-order valence-corrected chi connectivity index (χ1v) is 17.5. The van der Waals surface area contributed by atoms with Crippen molar-refractivity contribution < 1.29 is 43.6 Å². The molecule has 0 aliphatic rings. The number of benzene rings is 3. The van der Waals surface area contributed by atoms with Crippen LogP contribution in [0.3, 0.4) is 0 Å². The van der Waals surface area contributed by atoms with E-state index in [1.54, 1.807) is 52.5 Å². The lowest BCUT2D eigenvalue weighted by Crippen LogP contribution is -2.28. The number of carboxylic acid groups (broad SMARTS) is 2. The van der Waals surface area contributed by atoms with E-state index >= 15 is 0 Å². The number of fused-ring (bicyclic) bond motifs is 2. The number of hydrogen-bond donors (Lipinski definition) is 2. The van der Waals surface area contributed by atoms with Gasteiger partial charge in [-0.2, -0.15) is 0 Å². The van der Waals surface area contributed by atoms with Gasteiger partial charge in [-0.3, -0.25) is 14.4 Å². The van der Waals surface area contributed by atoms with Crippen molar-refractivity contribution in [3.8, 4) is 17.2 Å². The Kier molecular flexibility index (Phi) is 13.2. The second-order valence-corrected chi connectivity index (χ2v) is 13.7. The molecule has 0 fully saturated rings. The minimum atomic E-state index is -1.01. The third-order valence-electron chi connectivity index (χ3n) is 7.26. The van der Waals surface area contributed by atoms with Crippen molar-refractivity contribution in [1.29, 1.82) is 0 Å². The highest BCUT2D eigenvalue weighted by Gasteiger charge is 2.26. The monoisotopic (exact) mass is 720 g/mol. The minimum Gasteiger partial charge on any atom is -0.490 e. The molecule has 0 spiro atoms. The van der Waals surface area contributed by atoms with Crippen LogP contribution in [-0.2, 0) is 16.0 Å². The quantitative estimate of drug-likeness (QED) is 0.117. The van der Waals surface area contributed by atoms with Crippen LogP contribution in [0.5, 0.6) is 17.2 Å². The third-order valence-corrected chi connectivity index (χ3v) is 9.54. The second kappa shape index (κ2) is 17.5. The van der Waals surface area contributed by atoms with Crippen molar-refractivity contribution in [3.05, 3.63) is 88.1 Å². The lowest BCUT2D eigenvalue weighted by atomic mass is 10.1. The average Bonchev–Trinajstić information content (AvgIpc) is 3.64. The molecule has 0 aliphatic carbocycles. The van der Waals surface area contributed by atoms with Crippen LogP contribution in [0.4, 0.5) is 0 Å². The maximum absolute atomic E-state index is 12.5. The largest absolute Gasteiger partial charge is 0.490 e. The lowest BCUT2D eigenvalue weighted by Gasteiger charge is -2.16. The number of carboxylic acids is 2. The fourth-order valence-electron chi connectivity index (χ4n) is 4.81. The van der Waals surface area contributed by atoms with E-state index in [2.05, 4.69) is 0 Å². The van der Waals surface area contributed by atoms with Gasteiger partial charge in [0, 0.05) is 48.4 Å². The van der Waals surface area contributed by atoms with Crippen LogP contribution in [-0.4, -0.2) is 91.3 Å². The molecular weight excluding hydrogens is 681 g/mol. The maximum atomic E-state index is 12.5. The van der Waals surface area contributed by atoms with Gasteiger partial charge in [-0.05, 0) is 48.4 Å².